The zero-order valence-electron chi connectivity index (χ0n) is 31.1. The number of hydrogen-bond acceptors (Lipinski definition) is 11. The molecule has 1 heterocycles. The van der Waals surface area contributed by atoms with Gasteiger partial charge in [-0.3, -0.25) is 4.90 Å². The van der Waals surface area contributed by atoms with Crippen molar-refractivity contribution in [2.24, 2.45) is 5.92 Å². The molecule has 0 amide bonds. The van der Waals surface area contributed by atoms with Gasteiger partial charge in [0.15, 0.2) is 29.1 Å². The molecule has 0 bridgehead atoms. The summed E-state index contributed by atoms with van der Waals surface area (Å²) in [6.45, 7) is -6.29. The minimum Gasteiger partial charge on any atom is -0.493 e. The van der Waals surface area contributed by atoms with Crippen LogP contribution in [0.4, 0.5) is 0 Å². The fourth-order valence-corrected chi connectivity index (χ4v) is 5.36. The Balaban J connectivity index is 2.07. The van der Waals surface area contributed by atoms with Crippen molar-refractivity contribution in [3.8, 4) is 29.1 Å². The van der Waals surface area contributed by atoms with Crippen molar-refractivity contribution >= 4 is 5.97 Å². The minimum atomic E-state index is -3.13. The van der Waals surface area contributed by atoms with Crippen LogP contribution in [0, 0.1) is 17.2 Å². The molecule has 44 heavy (non-hydrogen) atoms. The summed E-state index contributed by atoms with van der Waals surface area (Å²) >= 11 is 0. The highest BCUT2D eigenvalue weighted by atomic mass is 16.6. The molecule has 2 aromatic carbocycles. The number of hydrogen-bond donors (Lipinski definition) is 4. The molecule has 6 atom stereocenters. The summed E-state index contributed by atoms with van der Waals surface area (Å²) in [5.74, 6) is -2.42. The number of ether oxygens (including phenoxy) is 5. The highest BCUT2D eigenvalue weighted by molar-refractivity contribution is 5.73. The van der Waals surface area contributed by atoms with Crippen LogP contribution < -0.4 is 18.9 Å². The summed E-state index contributed by atoms with van der Waals surface area (Å²) in [6.07, 6.45) is -9.15. The van der Waals surface area contributed by atoms with Gasteiger partial charge in [0.1, 0.15) is 24.5 Å². The van der Waals surface area contributed by atoms with E-state index >= 15 is 0 Å². The first-order chi connectivity index (χ1) is 23.4. The van der Waals surface area contributed by atoms with Crippen LogP contribution in [0.3, 0.4) is 0 Å². The molecule has 0 spiro atoms. The van der Waals surface area contributed by atoms with Crippen molar-refractivity contribution in [2.45, 2.75) is 69.0 Å². The zero-order chi connectivity index (χ0) is 37.6. The van der Waals surface area contributed by atoms with Gasteiger partial charge in [0, 0.05) is 21.3 Å². The summed E-state index contributed by atoms with van der Waals surface area (Å²) in [5, 5.41) is 52.3. The molecule has 4 unspecified atom stereocenters. The molecule has 0 saturated carbocycles. The second-order valence-electron chi connectivity index (χ2n) is 10.4. The van der Waals surface area contributed by atoms with Gasteiger partial charge in [0.25, 0.3) is 0 Å². The van der Waals surface area contributed by atoms with E-state index in [0.717, 1.165) is 5.56 Å². The van der Waals surface area contributed by atoms with Gasteiger partial charge in [-0.15, -0.1) is 0 Å². The van der Waals surface area contributed by atoms with E-state index in [-0.39, 0.29) is 49.4 Å². The van der Waals surface area contributed by atoms with Gasteiger partial charge < -0.3 is 44.1 Å². The van der Waals surface area contributed by atoms with E-state index in [1.165, 1.54) is 51.5 Å². The van der Waals surface area contributed by atoms with Gasteiger partial charge in [-0.25, -0.2) is 4.79 Å². The SMILES string of the molecule is [2H]C([2H])([2H])C(C([2H])([2H])[2H])C(C#N)(CCCN(CCc1ccc(OC)c(OC)c1)[C@H]1OC(C(=O)O)[C@H](O)C(O)C1O)c1ccc(OC)c(OC)c1. The Bertz CT molecular complexity index is 1490. The molecule has 1 fully saturated rings. The molecule has 3 rings (SSSR count). The predicted molar refractivity (Wildman–Crippen MR) is 160 cm³/mol. The maximum atomic E-state index is 11.9. The second kappa shape index (κ2) is 15.4. The number of carbonyl (C=O) groups is 1. The van der Waals surface area contributed by atoms with Gasteiger partial charge in [-0.2, -0.15) is 5.26 Å². The Morgan fingerprint density at radius 3 is 2.14 bits per heavy atom. The molecule has 0 aliphatic carbocycles. The van der Waals surface area contributed by atoms with Crippen LogP contribution in [-0.2, 0) is 21.4 Å². The Morgan fingerprint density at radius 2 is 1.57 bits per heavy atom. The number of aliphatic hydroxyl groups is 3. The van der Waals surface area contributed by atoms with Crippen LogP contribution in [0.2, 0.25) is 0 Å². The fraction of sp³-hybridized carbons (Fsp3) is 0.562. The van der Waals surface area contributed by atoms with Gasteiger partial charge in [0.05, 0.1) is 39.9 Å². The van der Waals surface area contributed by atoms with E-state index in [1.54, 1.807) is 18.2 Å². The Morgan fingerprint density at radius 1 is 0.955 bits per heavy atom. The standard InChI is InChI=1S/C32H44N2O10/c1-19(2)32(18-33,21-9-11-23(41-4)25(17-21)43-6)13-7-14-34(15-12-20-8-10-22(40-3)24(16-20)42-5)30-28(37)26(35)27(36)29(44-30)31(38)39/h8-11,16-17,19,26-30,35-37H,7,12-15H2,1-6H3,(H,38,39)/t26?,27-,28?,29?,30+,32?/m1/s1/i1D3,2D3. The van der Waals surface area contributed by atoms with E-state index in [9.17, 15) is 30.5 Å². The van der Waals surface area contributed by atoms with Crippen LogP contribution in [-0.4, -0.2) is 103 Å². The number of nitrogens with zero attached hydrogens (tertiary/aromatic N) is 2. The van der Waals surface area contributed by atoms with Crippen molar-refractivity contribution in [1.82, 2.24) is 4.90 Å². The van der Waals surface area contributed by atoms with Crippen molar-refractivity contribution in [3.05, 3.63) is 47.5 Å². The summed E-state index contributed by atoms with van der Waals surface area (Å²) in [5.41, 5.74) is -1.35. The molecule has 0 aromatic heterocycles. The van der Waals surface area contributed by atoms with E-state index in [0.29, 0.717) is 11.5 Å². The van der Waals surface area contributed by atoms with Gasteiger partial charge >= 0.3 is 5.97 Å². The third-order valence-electron chi connectivity index (χ3n) is 7.93. The minimum absolute atomic E-state index is 0.0598. The first-order valence-corrected chi connectivity index (χ1v) is 13.9. The van der Waals surface area contributed by atoms with E-state index in [4.69, 9.17) is 31.9 Å². The van der Waals surface area contributed by atoms with Crippen LogP contribution in [0.25, 0.3) is 0 Å². The quantitative estimate of drug-likeness (QED) is 0.229. The summed E-state index contributed by atoms with van der Waals surface area (Å²) in [6, 6.07) is 11.4. The Kier molecular flexibility index (Phi) is 9.38. The third-order valence-corrected chi connectivity index (χ3v) is 7.93. The molecular weight excluding hydrogens is 572 g/mol. The van der Waals surface area contributed by atoms with Crippen LogP contribution in [0.5, 0.6) is 23.0 Å². The molecule has 0 radical (unpaired) electrons. The highest BCUT2D eigenvalue weighted by Crippen LogP contribution is 2.41. The number of rotatable bonds is 15. The number of carboxylic acids is 1. The lowest BCUT2D eigenvalue weighted by Gasteiger charge is -2.44. The molecule has 4 N–H and O–H groups in total. The lowest BCUT2D eigenvalue weighted by molar-refractivity contribution is -0.259. The smallest absolute Gasteiger partial charge is 0.335 e. The average molecular weight is 623 g/mol. The molecule has 242 valence electrons. The van der Waals surface area contributed by atoms with Crippen LogP contribution >= 0.6 is 0 Å². The van der Waals surface area contributed by atoms with Crippen molar-refractivity contribution in [3.63, 3.8) is 0 Å². The lowest BCUT2D eigenvalue weighted by atomic mass is 9.69. The summed E-state index contributed by atoms with van der Waals surface area (Å²) in [4.78, 5) is 13.4. The Labute approximate surface area is 266 Å². The zero-order valence-corrected chi connectivity index (χ0v) is 25.1. The first-order valence-electron chi connectivity index (χ1n) is 16.9. The molecule has 2 aromatic rings. The summed E-state index contributed by atoms with van der Waals surface area (Å²) in [7, 11) is 5.66. The molecule has 12 heteroatoms. The van der Waals surface area contributed by atoms with Crippen LogP contribution in [0.1, 0.15) is 45.9 Å². The van der Waals surface area contributed by atoms with Gasteiger partial charge in [-0.1, -0.05) is 25.8 Å². The maximum Gasteiger partial charge on any atom is 0.335 e. The summed E-state index contributed by atoms with van der Waals surface area (Å²) < 4.78 is 76.4. The number of aliphatic carboxylic acids is 1. The number of methoxy groups -OCH3 is 4. The first kappa shape index (κ1) is 26.8. The van der Waals surface area contributed by atoms with Crippen molar-refractivity contribution in [2.75, 3.05) is 41.5 Å². The van der Waals surface area contributed by atoms with E-state index in [1.807, 2.05) is 6.07 Å². The van der Waals surface area contributed by atoms with E-state index < -0.39 is 61.6 Å². The monoisotopic (exact) mass is 622 g/mol. The van der Waals surface area contributed by atoms with Gasteiger partial charge in [0.2, 0.25) is 0 Å². The second-order valence-corrected chi connectivity index (χ2v) is 10.4. The average Bonchev–Trinajstić information content (AvgIpc) is 3.06. The molecule has 1 saturated heterocycles. The van der Waals surface area contributed by atoms with Gasteiger partial charge in [-0.05, 0) is 60.6 Å². The largest absolute Gasteiger partial charge is 0.493 e. The molecule has 12 nitrogen and oxygen atoms in total. The lowest BCUT2D eigenvalue weighted by Crippen LogP contribution is -2.64. The molecule has 1 aliphatic heterocycles. The number of aliphatic hydroxyl groups excluding tert-OH is 3. The number of carboxylic acid groups (broad SMARTS) is 1. The van der Waals surface area contributed by atoms with E-state index in [2.05, 4.69) is 0 Å². The maximum absolute atomic E-state index is 11.9. The highest BCUT2D eigenvalue weighted by Gasteiger charge is 2.48. The number of benzene rings is 2. The van der Waals surface area contributed by atoms with Crippen molar-refractivity contribution in [1.29, 1.82) is 5.26 Å². The number of nitriles is 1. The predicted octanol–water partition coefficient (Wildman–Crippen LogP) is 2.36. The fourth-order valence-electron chi connectivity index (χ4n) is 5.36. The normalized spacial score (nSPS) is 25.7. The van der Waals surface area contributed by atoms with Crippen LogP contribution in [0.15, 0.2) is 36.4 Å². The third kappa shape index (κ3) is 7.36. The molecular formula is C32H44N2O10. The Hall–Kier alpha value is -3.60. The molecule has 1 aliphatic rings. The van der Waals surface area contributed by atoms with Crippen molar-refractivity contribution < 1.29 is 57.1 Å². The topological polar surface area (TPSA) is 171 Å².